The van der Waals surface area contributed by atoms with Gasteiger partial charge in [-0.3, -0.25) is 9.63 Å². The van der Waals surface area contributed by atoms with Crippen LogP contribution in [0.25, 0.3) is 0 Å². The highest BCUT2D eigenvalue weighted by molar-refractivity contribution is 5.74. The Labute approximate surface area is 85.9 Å². The number of amides is 1. The minimum Gasteiger partial charge on any atom is -0.273 e. The molecule has 0 radical (unpaired) electrons. The van der Waals surface area contributed by atoms with E-state index >= 15 is 0 Å². The Morgan fingerprint density at radius 3 is 2.60 bits per heavy atom. The molecule has 0 atom stereocenters. The first-order chi connectivity index (χ1) is 6.95. The summed E-state index contributed by atoms with van der Waals surface area (Å²) in [5.41, 5.74) is 1.71. The molecule has 0 bridgehead atoms. The molecule has 0 aliphatic carbocycles. The van der Waals surface area contributed by atoms with Crippen LogP contribution in [0, 0.1) is 12.3 Å². The fraction of sp³-hybridized carbons (Fsp3) is 0.667. The Bertz CT molecular complexity index is 232. The summed E-state index contributed by atoms with van der Waals surface area (Å²) < 4.78 is 34.7. The van der Waals surface area contributed by atoms with Gasteiger partial charge in [0.2, 0.25) is 5.91 Å². The van der Waals surface area contributed by atoms with Crippen LogP contribution in [0.5, 0.6) is 0 Å². The molecule has 1 N–H and O–H groups in total. The van der Waals surface area contributed by atoms with Crippen LogP contribution in [-0.2, 0) is 9.63 Å². The van der Waals surface area contributed by atoms with E-state index in [2.05, 4.69) is 10.8 Å². The fourth-order valence-electron chi connectivity index (χ4n) is 0.762. The van der Waals surface area contributed by atoms with E-state index in [4.69, 9.17) is 6.42 Å². The molecule has 0 aliphatic rings. The fourth-order valence-corrected chi connectivity index (χ4v) is 0.762. The summed E-state index contributed by atoms with van der Waals surface area (Å²) in [7, 11) is 0. The van der Waals surface area contributed by atoms with Gasteiger partial charge in [-0.1, -0.05) is 0 Å². The largest absolute Gasteiger partial charge is 0.414 e. The third-order valence-electron chi connectivity index (χ3n) is 1.40. The molecule has 0 unspecified atom stereocenters. The lowest BCUT2D eigenvalue weighted by atomic mass is 10.2. The first-order valence-corrected chi connectivity index (χ1v) is 4.36. The number of rotatable bonds is 6. The second-order valence-corrected chi connectivity index (χ2v) is 2.84. The minimum atomic E-state index is -4.43. The number of halogens is 3. The highest BCUT2D eigenvalue weighted by Crippen LogP contribution is 2.13. The van der Waals surface area contributed by atoms with E-state index in [1.165, 1.54) is 0 Å². The maximum Gasteiger partial charge on any atom is 0.414 e. The molecule has 0 heterocycles. The van der Waals surface area contributed by atoms with E-state index in [0.717, 1.165) is 0 Å². The van der Waals surface area contributed by atoms with Crippen LogP contribution in [0.2, 0.25) is 0 Å². The molecule has 0 aromatic carbocycles. The van der Waals surface area contributed by atoms with Crippen LogP contribution in [-0.4, -0.2) is 18.7 Å². The van der Waals surface area contributed by atoms with Crippen molar-refractivity contribution in [3.63, 3.8) is 0 Å². The number of terminal acetylenes is 1. The average molecular weight is 223 g/mol. The minimum absolute atomic E-state index is 0.111. The molecule has 0 fully saturated rings. The van der Waals surface area contributed by atoms with Crippen molar-refractivity contribution in [3.8, 4) is 12.3 Å². The molecular weight excluding hydrogens is 211 g/mol. The van der Waals surface area contributed by atoms with Crippen molar-refractivity contribution < 1.29 is 22.8 Å². The monoisotopic (exact) mass is 223 g/mol. The van der Waals surface area contributed by atoms with Gasteiger partial charge in [-0.25, -0.2) is 5.48 Å². The van der Waals surface area contributed by atoms with Crippen LogP contribution in [0.4, 0.5) is 13.2 Å². The summed E-state index contributed by atoms with van der Waals surface area (Å²) >= 11 is 0. The van der Waals surface area contributed by atoms with Crippen molar-refractivity contribution in [1.29, 1.82) is 0 Å². The summed E-state index contributed by atoms with van der Waals surface area (Å²) in [6, 6.07) is 0. The molecule has 86 valence electrons. The van der Waals surface area contributed by atoms with Crippen molar-refractivity contribution in [2.24, 2.45) is 0 Å². The molecule has 0 aromatic heterocycles. The highest BCUT2D eigenvalue weighted by Gasteiger charge is 2.28. The third kappa shape index (κ3) is 10.7. The van der Waals surface area contributed by atoms with E-state index in [-0.39, 0.29) is 6.42 Å². The third-order valence-corrected chi connectivity index (χ3v) is 1.40. The zero-order valence-corrected chi connectivity index (χ0v) is 8.06. The molecule has 0 saturated heterocycles. The maximum absolute atomic E-state index is 11.6. The Morgan fingerprint density at radius 2 is 2.07 bits per heavy atom. The van der Waals surface area contributed by atoms with Crippen molar-refractivity contribution >= 4 is 5.91 Å². The predicted molar refractivity (Wildman–Crippen MR) is 47.5 cm³/mol. The van der Waals surface area contributed by atoms with E-state index in [1.54, 1.807) is 5.48 Å². The zero-order chi connectivity index (χ0) is 11.7. The van der Waals surface area contributed by atoms with Gasteiger partial charge < -0.3 is 0 Å². The number of hydroxylamine groups is 1. The summed E-state index contributed by atoms with van der Waals surface area (Å²) in [5.74, 6) is 1.82. The van der Waals surface area contributed by atoms with Gasteiger partial charge in [0.25, 0.3) is 0 Å². The van der Waals surface area contributed by atoms with Crippen LogP contribution < -0.4 is 5.48 Å². The van der Waals surface area contributed by atoms with Gasteiger partial charge in [0.15, 0.2) is 6.61 Å². The average Bonchev–Trinajstić information content (AvgIpc) is 2.10. The van der Waals surface area contributed by atoms with Crippen LogP contribution in [0.15, 0.2) is 0 Å². The number of hydrogen-bond acceptors (Lipinski definition) is 2. The van der Waals surface area contributed by atoms with Crippen LogP contribution in [0.1, 0.15) is 25.7 Å². The summed E-state index contributed by atoms with van der Waals surface area (Å²) in [4.78, 5) is 14.8. The number of nitrogens with one attached hydrogen (secondary N) is 1. The first kappa shape index (κ1) is 13.8. The van der Waals surface area contributed by atoms with Crippen molar-refractivity contribution in [1.82, 2.24) is 5.48 Å². The lowest BCUT2D eigenvalue weighted by Gasteiger charge is -2.07. The molecule has 15 heavy (non-hydrogen) atoms. The number of carbonyl (C=O) groups excluding carboxylic acids is 1. The van der Waals surface area contributed by atoms with Gasteiger partial charge >= 0.3 is 6.18 Å². The van der Waals surface area contributed by atoms with Gasteiger partial charge in [0.05, 0.1) is 0 Å². The van der Waals surface area contributed by atoms with Crippen molar-refractivity contribution in [3.05, 3.63) is 0 Å². The Morgan fingerprint density at radius 1 is 1.40 bits per heavy atom. The molecule has 0 saturated carbocycles. The Hall–Kier alpha value is -1.22. The highest BCUT2D eigenvalue weighted by atomic mass is 19.4. The summed E-state index contributed by atoms with van der Waals surface area (Å²) in [6.45, 7) is -1.48. The van der Waals surface area contributed by atoms with Gasteiger partial charge in [-0.15, -0.1) is 12.3 Å². The van der Waals surface area contributed by atoms with E-state index < -0.39 is 18.7 Å². The molecule has 0 aliphatic heterocycles. The molecule has 6 heteroatoms. The predicted octanol–water partition coefficient (Wildman–Crippen LogP) is 1.79. The van der Waals surface area contributed by atoms with E-state index in [1.807, 2.05) is 0 Å². The Balaban J connectivity index is 3.39. The smallest absolute Gasteiger partial charge is 0.273 e. The van der Waals surface area contributed by atoms with Gasteiger partial charge in [0, 0.05) is 12.8 Å². The quantitative estimate of drug-likeness (QED) is 0.423. The second kappa shape index (κ2) is 7.12. The number of alkyl halides is 3. The van der Waals surface area contributed by atoms with Crippen LogP contribution in [0.3, 0.4) is 0 Å². The first-order valence-electron chi connectivity index (χ1n) is 4.36. The number of carbonyl (C=O) groups is 1. The van der Waals surface area contributed by atoms with Gasteiger partial charge in [-0.05, 0) is 12.8 Å². The van der Waals surface area contributed by atoms with Gasteiger partial charge in [-0.2, -0.15) is 13.2 Å². The van der Waals surface area contributed by atoms with Crippen molar-refractivity contribution in [2.45, 2.75) is 31.9 Å². The molecule has 0 rings (SSSR count). The molecule has 0 aromatic rings. The normalized spacial score (nSPS) is 10.8. The van der Waals surface area contributed by atoms with Crippen molar-refractivity contribution in [2.75, 3.05) is 6.61 Å². The van der Waals surface area contributed by atoms with Crippen LogP contribution >= 0.6 is 0 Å². The zero-order valence-electron chi connectivity index (χ0n) is 8.06. The number of unbranched alkanes of at least 4 members (excludes halogenated alkanes) is 2. The van der Waals surface area contributed by atoms with E-state index in [9.17, 15) is 18.0 Å². The van der Waals surface area contributed by atoms with Gasteiger partial charge in [0.1, 0.15) is 0 Å². The van der Waals surface area contributed by atoms with E-state index in [0.29, 0.717) is 19.3 Å². The number of hydrogen-bond donors (Lipinski definition) is 1. The molecular formula is C9H12F3NO2. The molecule has 3 nitrogen and oxygen atoms in total. The summed E-state index contributed by atoms with van der Waals surface area (Å²) in [6.07, 6.45) is 2.41. The second-order valence-electron chi connectivity index (χ2n) is 2.84. The standard InChI is InChI=1S/C9H12F3NO2/c1-2-3-4-5-6-8(14)13-15-7-9(10,11)12/h1H,3-7H2,(H,13,14). The lowest BCUT2D eigenvalue weighted by Crippen LogP contribution is -2.29. The molecule has 1 amide bonds. The molecule has 0 spiro atoms. The maximum atomic E-state index is 11.6. The topological polar surface area (TPSA) is 38.3 Å². The lowest BCUT2D eigenvalue weighted by molar-refractivity contribution is -0.191. The SMILES string of the molecule is C#CCCCCC(=O)NOCC(F)(F)F. The Kier molecular flexibility index (Phi) is 6.54. The summed E-state index contributed by atoms with van der Waals surface area (Å²) in [5, 5.41) is 0.